The quantitative estimate of drug-likeness (QED) is 0.793. The minimum absolute atomic E-state index is 0.0768. The zero-order valence-electron chi connectivity index (χ0n) is 12.2. The molecule has 0 bridgehead atoms. The van der Waals surface area contributed by atoms with E-state index in [4.69, 9.17) is 11.6 Å². The summed E-state index contributed by atoms with van der Waals surface area (Å²) in [5.74, 6) is -0.437. The first-order valence-electron chi connectivity index (χ1n) is 7.04. The molecule has 0 aliphatic heterocycles. The van der Waals surface area contributed by atoms with Crippen molar-refractivity contribution in [2.45, 2.75) is 19.4 Å². The van der Waals surface area contributed by atoms with Crippen molar-refractivity contribution in [3.63, 3.8) is 0 Å². The van der Waals surface area contributed by atoms with E-state index in [2.05, 4.69) is 12.2 Å². The predicted octanol–water partition coefficient (Wildman–Crippen LogP) is 3.07. The van der Waals surface area contributed by atoms with Gasteiger partial charge in [-0.15, -0.1) is 0 Å². The standard InChI is InChI=1S/C17H18ClNO3/c1-2-11-3-5-12(6-4-11)15(10-20)19-17(22)13-7-8-16(21)14(18)9-13/h3-9,15,20-21H,2,10H2,1H3,(H,19,22). The van der Waals surface area contributed by atoms with Gasteiger partial charge >= 0.3 is 0 Å². The van der Waals surface area contributed by atoms with E-state index in [1.807, 2.05) is 24.3 Å². The fourth-order valence-electron chi connectivity index (χ4n) is 2.11. The minimum Gasteiger partial charge on any atom is -0.506 e. The fraction of sp³-hybridized carbons (Fsp3) is 0.235. The molecule has 3 N–H and O–H groups in total. The maximum atomic E-state index is 12.2. The molecular formula is C17H18ClNO3. The zero-order chi connectivity index (χ0) is 16.1. The summed E-state index contributed by atoms with van der Waals surface area (Å²) in [4.78, 5) is 12.2. The molecule has 0 aliphatic carbocycles. The van der Waals surface area contributed by atoms with Gasteiger partial charge in [-0.1, -0.05) is 42.8 Å². The zero-order valence-corrected chi connectivity index (χ0v) is 13.0. The third-order valence-corrected chi connectivity index (χ3v) is 3.79. The number of nitrogens with one attached hydrogen (secondary N) is 1. The summed E-state index contributed by atoms with van der Waals surface area (Å²) in [6.45, 7) is 1.86. The Bertz CT molecular complexity index is 655. The molecule has 0 radical (unpaired) electrons. The van der Waals surface area contributed by atoms with E-state index in [0.29, 0.717) is 5.56 Å². The first-order valence-corrected chi connectivity index (χ1v) is 7.42. The number of phenols is 1. The van der Waals surface area contributed by atoms with E-state index >= 15 is 0 Å². The Labute approximate surface area is 134 Å². The van der Waals surface area contributed by atoms with Gasteiger partial charge in [0.15, 0.2) is 0 Å². The van der Waals surface area contributed by atoms with Gasteiger partial charge in [0.25, 0.3) is 5.91 Å². The highest BCUT2D eigenvalue weighted by molar-refractivity contribution is 6.32. The van der Waals surface area contributed by atoms with E-state index in [1.54, 1.807) is 0 Å². The summed E-state index contributed by atoms with van der Waals surface area (Å²) in [6, 6.07) is 11.5. The average molecular weight is 320 g/mol. The van der Waals surface area contributed by atoms with Crippen LogP contribution in [0, 0.1) is 0 Å². The molecule has 116 valence electrons. The molecule has 0 saturated carbocycles. The first kappa shape index (κ1) is 16.3. The van der Waals surface area contributed by atoms with Crippen molar-refractivity contribution in [3.05, 3.63) is 64.2 Å². The predicted molar refractivity (Wildman–Crippen MR) is 86.2 cm³/mol. The van der Waals surface area contributed by atoms with Crippen LogP contribution < -0.4 is 5.32 Å². The van der Waals surface area contributed by atoms with Gasteiger partial charge in [0.05, 0.1) is 17.7 Å². The molecule has 0 aliphatic rings. The van der Waals surface area contributed by atoms with Crippen molar-refractivity contribution in [1.29, 1.82) is 0 Å². The van der Waals surface area contributed by atoms with Crippen LogP contribution in [0.1, 0.15) is 34.5 Å². The molecule has 0 heterocycles. The van der Waals surface area contributed by atoms with Crippen LogP contribution >= 0.6 is 11.6 Å². The van der Waals surface area contributed by atoms with Crippen molar-refractivity contribution in [2.24, 2.45) is 0 Å². The minimum atomic E-state index is -0.494. The Morgan fingerprint density at radius 2 is 1.91 bits per heavy atom. The number of aromatic hydroxyl groups is 1. The van der Waals surface area contributed by atoms with Crippen LogP contribution in [-0.4, -0.2) is 22.7 Å². The first-order chi connectivity index (χ1) is 10.5. The van der Waals surface area contributed by atoms with Gasteiger partial charge in [-0.25, -0.2) is 0 Å². The highest BCUT2D eigenvalue weighted by Crippen LogP contribution is 2.24. The Kier molecular flexibility index (Phi) is 5.41. The van der Waals surface area contributed by atoms with Crippen LogP contribution in [0.2, 0.25) is 5.02 Å². The number of aryl methyl sites for hydroxylation is 1. The van der Waals surface area contributed by atoms with Gasteiger partial charge in [-0.05, 0) is 35.7 Å². The van der Waals surface area contributed by atoms with Gasteiger partial charge in [-0.2, -0.15) is 0 Å². The van der Waals surface area contributed by atoms with Crippen LogP contribution in [0.5, 0.6) is 5.75 Å². The number of aliphatic hydroxyl groups is 1. The monoisotopic (exact) mass is 319 g/mol. The second-order valence-electron chi connectivity index (χ2n) is 4.97. The molecule has 1 atom stereocenters. The van der Waals surface area contributed by atoms with Crippen molar-refractivity contribution >= 4 is 17.5 Å². The van der Waals surface area contributed by atoms with Gasteiger partial charge in [0, 0.05) is 5.56 Å². The van der Waals surface area contributed by atoms with E-state index < -0.39 is 6.04 Å². The van der Waals surface area contributed by atoms with Gasteiger partial charge < -0.3 is 15.5 Å². The van der Waals surface area contributed by atoms with Crippen LogP contribution in [-0.2, 0) is 6.42 Å². The van der Waals surface area contributed by atoms with Crippen LogP contribution in [0.4, 0.5) is 0 Å². The largest absolute Gasteiger partial charge is 0.506 e. The third-order valence-electron chi connectivity index (χ3n) is 3.49. The summed E-state index contributed by atoms with van der Waals surface area (Å²) in [5, 5.41) is 21.8. The molecule has 2 aromatic carbocycles. The third kappa shape index (κ3) is 3.78. The van der Waals surface area contributed by atoms with Crippen LogP contribution in [0.3, 0.4) is 0 Å². The van der Waals surface area contributed by atoms with E-state index in [0.717, 1.165) is 12.0 Å². The van der Waals surface area contributed by atoms with E-state index in [-0.39, 0.29) is 23.3 Å². The van der Waals surface area contributed by atoms with Crippen molar-refractivity contribution in [3.8, 4) is 5.75 Å². The lowest BCUT2D eigenvalue weighted by Gasteiger charge is -2.17. The highest BCUT2D eigenvalue weighted by Gasteiger charge is 2.15. The van der Waals surface area contributed by atoms with Crippen LogP contribution in [0.15, 0.2) is 42.5 Å². The van der Waals surface area contributed by atoms with Crippen molar-refractivity contribution in [1.82, 2.24) is 5.32 Å². The number of carbonyl (C=O) groups is 1. The van der Waals surface area contributed by atoms with E-state index in [9.17, 15) is 15.0 Å². The lowest BCUT2D eigenvalue weighted by atomic mass is 10.0. The number of aliphatic hydroxyl groups excluding tert-OH is 1. The topological polar surface area (TPSA) is 69.6 Å². The number of carbonyl (C=O) groups excluding carboxylic acids is 1. The summed E-state index contributed by atoms with van der Waals surface area (Å²) >= 11 is 5.80. The van der Waals surface area contributed by atoms with Crippen molar-refractivity contribution < 1.29 is 15.0 Å². The summed E-state index contributed by atoms with van der Waals surface area (Å²) in [5.41, 5.74) is 2.35. The number of hydrogen-bond acceptors (Lipinski definition) is 3. The number of rotatable bonds is 5. The molecule has 2 aromatic rings. The maximum Gasteiger partial charge on any atom is 0.251 e. The number of benzene rings is 2. The molecular weight excluding hydrogens is 302 g/mol. The fourth-order valence-corrected chi connectivity index (χ4v) is 2.29. The molecule has 2 rings (SSSR count). The highest BCUT2D eigenvalue weighted by atomic mass is 35.5. The molecule has 1 amide bonds. The lowest BCUT2D eigenvalue weighted by molar-refractivity contribution is 0.0916. The van der Waals surface area contributed by atoms with Gasteiger partial charge in [0.2, 0.25) is 0 Å². The van der Waals surface area contributed by atoms with Crippen LogP contribution in [0.25, 0.3) is 0 Å². The molecule has 22 heavy (non-hydrogen) atoms. The molecule has 1 unspecified atom stereocenters. The SMILES string of the molecule is CCc1ccc(C(CO)NC(=O)c2ccc(O)c(Cl)c2)cc1. The second-order valence-corrected chi connectivity index (χ2v) is 5.38. The normalized spacial score (nSPS) is 12.0. The summed E-state index contributed by atoms with van der Waals surface area (Å²) in [6.07, 6.45) is 0.933. The summed E-state index contributed by atoms with van der Waals surface area (Å²) < 4.78 is 0. The molecule has 0 aromatic heterocycles. The second kappa shape index (κ2) is 7.29. The molecule has 4 nitrogen and oxygen atoms in total. The smallest absolute Gasteiger partial charge is 0.251 e. The Morgan fingerprint density at radius 3 is 2.45 bits per heavy atom. The Balaban J connectivity index is 2.14. The molecule has 0 saturated heterocycles. The maximum absolute atomic E-state index is 12.2. The lowest BCUT2D eigenvalue weighted by Crippen LogP contribution is -2.30. The Hall–Kier alpha value is -2.04. The average Bonchev–Trinajstić information content (AvgIpc) is 2.55. The Morgan fingerprint density at radius 1 is 1.23 bits per heavy atom. The number of phenolic OH excluding ortho intramolecular Hbond substituents is 1. The van der Waals surface area contributed by atoms with Gasteiger partial charge in [-0.3, -0.25) is 4.79 Å². The van der Waals surface area contributed by atoms with E-state index in [1.165, 1.54) is 23.8 Å². The molecule has 0 fully saturated rings. The molecule has 5 heteroatoms. The summed E-state index contributed by atoms with van der Waals surface area (Å²) in [7, 11) is 0. The number of halogens is 1. The van der Waals surface area contributed by atoms with Crippen molar-refractivity contribution in [2.75, 3.05) is 6.61 Å². The van der Waals surface area contributed by atoms with Gasteiger partial charge in [0.1, 0.15) is 5.75 Å². The molecule has 0 spiro atoms. The number of hydrogen-bond donors (Lipinski definition) is 3. The number of amides is 1.